The molecule has 0 aliphatic heterocycles. The number of aliphatic hydroxyl groups is 1. The van der Waals surface area contributed by atoms with Crippen molar-refractivity contribution in [2.24, 2.45) is 11.7 Å². The molecule has 74 valence electrons. The van der Waals surface area contributed by atoms with Gasteiger partial charge in [-0.3, -0.25) is 0 Å². The molecule has 12 heavy (non-hydrogen) atoms. The SMILES string of the molecule is CCCCCC(CO)CC(C)N. The number of aliphatic hydroxyl groups excluding tert-OH is 1. The van der Waals surface area contributed by atoms with Crippen LogP contribution in [0.25, 0.3) is 0 Å². The highest BCUT2D eigenvalue weighted by atomic mass is 16.3. The second-order valence-electron chi connectivity index (χ2n) is 3.76. The summed E-state index contributed by atoms with van der Waals surface area (Å²) in [5.41, 5.74) is 5.66. The summed E-state index contributed by atoms with van der Waals surface area (Å²) in [5.74, 6) is 0.427. The Morgan fingerprint density at radius 3 is 2.42 bits per heavy atom. The molecule has 0 aromatic rings. The van der Waals surface area contributed by atoms with Crippen LogP contribution in [0, 0.1) is 5.92 Å². The third kappa shape index (κ3) is 6.62. The minimum Gasteiger partial charge on any atom is -0.396 e. The summed E-state index contributed by atoms with van der Waals surface area (Å²) in [7, 11) is 0. The zero-order chi connectivity index (χ0) is 9.40. The molecule has 0 saturated heterocycles. The summed E-state index contributed by atoms with van der Waals surface area (Å²) in [4.78, 5) is 0. The van der Waals surface area contributed by atoms with Crippen molar-refractivity contribution in [2.75, 3.05) is 6.61 Å². The van der Waals surface area contributed by atoms with Crippen molar-refractivity contribution >= 4 is 0 Å². The second kappa shape index (κ2) is 7.56. The molecule has 0 amide bonds. The van der Waals surface area contributed by atoms with E-state index in [-0.39, 0.29) is 6.04 Å². The molecule has 3 N–H and O–H groups in total. The van der Waals surface area contributed by atoms with E-state index in [0.29, 0.717) is 12.5 Å². The standard InChI is InChI=1S/C10H23NO/c1-3-4-5-6-10(8-12)7-9(2)11/h9-10,12H,3-8,11H2,1-2H3. The van der Waals surface area contributed by atoms with Gasteiger partial charge in [-0.25, -0.2) is 0 Å². The lowest BCUT2D eigenvalue weighted by Gasteiger charge is -2.15. The van der Waals surface area contributed by atoms with Crippen LogP contribution in [0.1, 0.15) is 46.0 Å². The summed E-state index contributed by atoms with van der Waals surface area (Å²) in [6.07, 6.45) is 5.84. The van der Waals surface area contributed by atoms with Gasteiger partial charge in [-0.05, 0) is 25.7 Å². The Balaban J connectivity index is 3.39. The van der Waals surface area contributed by atoms with Crippen LogP contribution in [-0.4, -0.2) is 17.8 Å². The van der Waals surface area contributed by atoms with Crippen LogP contribution in [-0.2, 0) is 0 Å². The van der Waals surface area contributed by atoms with Crippen molar-refractivity contribution in [3.8, 4) is 0 Å². The number of unbranched alkanes of at least 4 members (excludes halogenated alkanes) is 2. The summed E-state index contributed by atoms with van der Waals surface area (Å²) in [6, 6.07) is 0.226. The Morgan fingerprint density at radius 1 is 1.33 bits per heavy atom. The van der Waals surface area contributed by atoms with Crippen molar-refractivity contribution in [1.29, 1.82) is 0 Å². The van der Waals surface area contributed by atoms with Crippen LogP contribution in [0.15, 0.2) is 0 Å². The molecule has 0 radical (unpaired) electrons. The maximum Gasteiger partial charge on any atom is 0.0459 e. The van der Waals surface area contributed by atoms with Gasteiger partial charge in [-0.2, -0.15) is 0 Å². The average Bonchev–Trinajstić information content (AvgIpc) is 2.02. The Labute approximate surface area is 76.2 Å². The van der Waals surface area contributed by atoms with Crippen LogP contribution in [0.5, 0.6) is 0 Å². The minimum atomic E-state index is 0.226. The van der Waals surface area contributed by atoms with Gasteiger partial charge in [-0.15, -0.1) is 0 Å². The molecule has 0 spiro atoms. The first-order chi connectivity index (χ1) is 5.70. The maximum atomic E-state index is 9.02. The minimum absolute atomic E-state index is 0.226. The highest BCUT2D eigenvalue weighted by Crippen LogP contribution is 2.14. The van der Waals surface area contributed by atoms with E-state index in [2.05, 4.69) is 6.92 Å². The monoisotopic (exact) mass is 173 g/mol. The molecular formula is C10H23NO. The van der Waals surface area contributed by atoms with Crippen LogP contribution < -0.4 is 5.73 Å². The van der Waals surface area contributed by atoms with Gasteiger partial charge in [0.05, 0.1) is 0 Å². The molecule has 2 atom stereocenters. The van der Waals surface area contributed by atoms with Gasteiger partial charge in [0, 0.05) is 12.6 Å². The smallest absolute Gasteiger partial charge is 0.0459 e. The molecule has 0 heterocycles. The molecule has 0 aliphatic rings. The second-order valence-corrected chi connectivity index (χ2v) is 3.76. The molecule has 0 bridgehead atoms. The molecule has 2 heteroatoms. The van der Waals surface area contributed by atoms with Gasteiger partial charge in [0.25, 0.3) is 0 Å². The van der Waals surface area contributed by atoms with E-state index in [4.69, 9.17) is 10.8 Å². The summed E-state index contributed by atoms with van der Waals surface area (Å²) in [6.45, 7) is 4.49. The molecule has 2 nitrogen and oxygen atoms in total. The zero-order valence-corrected chi connectivity index (χ0v) is 8.42. The van der Waals surface area contributed by atoms with Crippen LogP contribution >= 0.6 is 0 Å². The van der Waals surface area contributed by atoms with Crippen molar-refractivity contribution in [2.45, 2.75) is 52.0 Å². The molecule has 0 aromatic carbocycles. The molecule has 0 fully saturated rings. The largest absolute Gasteiger partial charge is 0.396 e. The van der Waals surface area contributed by atoms with E-state index in [1.54, 1.807) is 0 Å². The zero-order valence-electron chi connectivity index (χ0n) is 8.42. The number of hydrogen-bond acceptors (Lipinski definition) is 2. The fraction of sp³-hybridized carbons (Fsp3) is 1.00. The first-order valence-electron chi connectivity index (χ1n) is 5.07. The summed E-state index contributed by atoms with van der Waals surface area (Å²) >= 11 is 0. The lowest BCUT2D eigenvalue weighted by Crippen LogP contribution is -2.21. The highest BCUT2D eigenvalue weighted by Gasteiger charge is 2.08. The van der Waals surface area contributed by atoms with E-state index >= 15 is 0 Å². The molecule has 0 saturated carbocycles. The van der Waals surface area contributed by atoms with Gasteiger partial charge in [0.1, 0.15) is 0 Å². The van der Waals surface area contributed by atoms with Crippen molar-refractivity contribution < 1.29 is 5.11 Å². The van der Waals surface area contributed by atoms with Gasteiger partial charge in [0.2, 0.25) is 0 Å². The number of rotatable bonds is 7. The molecule has 0 rings (SSSR count). The predicted molar refractivity (Wildman–Crippen MR) is 53.0 cm³/mol. The van der Waals surface area contributed by atoms with Gasteiger partial charge in [-0.1, -0.05) is 26.2 Å². The average molecular weight is 173 g/mol. The van der Waals surface area contributed by atoms with E-state index in [1.807, 2.05) is 6.92 Å². The third-order valence-electron chi connectivity index (χ3n) is 2.18. The Hall–Kier alpha value is -0.0800. The fourth-order valence-corrected chi connectivity index (χ4v) is 1.49. The van der Waals surface area contributed by atoms with Crippen molar-refractivity contribution in [3.05, 3.63) is 0 Å². The topological polar surface area (TPSA) is 46.2 Å². The first kappa shape index (κ1) is 11.9. The Bertz CT molecular complexity index is 93.8. The van der Waals surface area contributed by atoms with E-state index in [0.717, 1.165) is 12.8 Å². The van der Waals surface area contributed by atoms with Crippen LogP contribution in [0.2, 0.25) is 0 Å². The normalized spacial score (nSPS) is 16.0. The van der Waals surface area contributed by atoms with Gasteiger partial charge in [0.15, 0.2) is 0 Å². The van der Waals surface area contributed by atoms with Crippen molar-refractivity contribution in [3.63, 3.8) is 0 Å². The number of hydrogen-bond donors (Lipinski definition) is 2. The summed E-state index contributed by atoms with van der Waals surface area (Å²) in [5, 5.41) is 9.02. The maximum absolute atomic E-state index is 9.02. The first-order valence-corrected chi connectivity index (χ1v) is 5.07. The fourth-order valence-electron chi connectivity index (χ4n) is 1.49. The quantitative estimate of drug-likeness (QED) is 0.578. The van der Waals surface area contributed by atoms with Crippen LogP contribution in [0.3, 0.4) is 0 Å². The lowest BCUT2D eigenvalue weighted by atomic mass is 9.96. The Morgan fingerprint density at radius 2 is 2.00 bits per heavy atom. The van der Waals surface area contributed by atoms with Crippen molar-refractivity contribution in [1.82, 2.24) is 0 Å². The van der Waals surface area contributed by atoms with E-state index in [9.17, 15) is 0 Å². The van der Waals surface area contributed by atoms with Crippen LogP contribution in [0.4, 0.5) is 0 Å². The third-order valence-corrected chi connectivity index (χ3v) is 2.18. The molecule has 0 aliphatic carbocycles. The predicted octanol–water partition coefficient (Wildman–Crippen LogP) is 1.91. The van der Waals surface area contributed by atoms with Gasteiger partial charge >= 0.3 is 0 Å². The van der Waals surface area contributed by atoms with E-state index < -0.39 is 0 Å². The molecular weight excluding hydrogens is 150 g/mol. The Kier molecular flexibility index (Phi) is 7.51. The molecule has 2 unspecified atom stereocenters. The van der Waals surface area contributed by atoms with E-state index in [1.165, 1.54) is 19.3 Å². The van der Waals surface area contributed by atoms with Gasteiger partial charge < -0.3 is 10.8 Å². The molecule has 0 aromatic heterocycles. The lowest BCUT2D eigenvalue weighted by molar-refractivity contribution is 0.202. The summed E-state index contributed by atoms with van der Waals surface area (Å²) < 4.78 is 0. The highest BCUT2D eigenvalue weighted by molar-refractivity contribution is 4.63. The number of nitrogens with two attached hydrogens (primary N) is 1.